The van der Waals surface area contributed by atoms with Gasteiger partial charge in [0.05, 0.1) is 17.4 Å². The van der Waals surface area contributed by atoms with E-state index in [1.54, 1.807) is 37.4 Å². The van der Waals surface area contributed by atoms with E-state index in [1.165, 1.54) is 10.4 Å². The number of rotatable bonds is 5. The van der Waals surface area contributed by atoms with Crippen LogP contribution in [0.15, 0.2) is 40.6 Å². The second-order valence-electron chi connectivity index (χ2n) is 5.98. The van der Waals surface area contributed by atoms with E-state index in [-0.39, 0.29) is 16.7 Å². The molecule has 1 aliphatic rings. The number of hydrogen-bond acceptors (Lipinski definition) is 5. The van der Waals surface area contributed by atoms with Gasteiger partial charge in [0, 0.05) is 18.8 Å². The van der Waals surface area contributed by atoms with Gasteiger partial charge in [-0.05, 0) is 49.2 Å². The minimum Gasteiger partial charge on any atom is -0.497 e. The minimum atomic E-state index is -3.62. The first-order valence-corrected chi connectivity index (χ1v) is 10.7. The van der Waals surface area contributed by atoms with Crippen LogP contribution in [0.1, 0.15) is 12.8 Å². The van der Waals surface area contributed by atoms with Crippen LogP contribution < -0.4 is 10.1 Å². The Morgan fingerprint density at radius 1 is 1.27 bits per heavy atom. The molecule has 3 rings (SSSR count). The van der Waals surface area contributed by atoms with Crippen LogP contribution in [0, 0.1) is 5.92 Å². The van der Waals surface area contributed by atoms with Crippen molar-refractivity contribution < 1.29 is 17.9 Å². The summed E-state index contributed by atoms with van der Waals surface area (Å²) < 4.78 is 32.6. The number of carbonyl (C=O) groups excluding carboxylic acids is 1. The number of anilines is 1. The maximum atomic E-state index is 12.7. The van der Waals surface area contributed by atoms with Gasteiger partial charge in [0.15, 0.2) is 0 Å². The third kappa shape index (κ3) is 4.20. The topological polar surface area (TPSA) is 75.7 Å². The van der Waals surface area contributed by atoms with Crippen LogP contribution in [-0.2, 0) is 14.8 Å². The summed E-state index contributed by atoms with van der Waals surface area (Å²) >= 11 is 6.89. The number of nitrogens with zero attached hydrogens (tertiary/aromatic N) is 1. The van der Waals surface area contributed by atoms with Crippen LogP contribution in [-0.4, -0.2) is 38.8 Å². The SMILES string of the molecule is COc1ccc(NC(=O)C2CCCN(S(=O)(=O)c3ccc(Cl)s3)C2)cc1. The summed E-state index contributed by atoms with van der Waals surface area (Å²) in [5.41, 5.74) is 0.654. The fraction of sp³-hybridized carbons (Fsp3) is 0.353. The highest BCUT2D eigenvalue weighted by Crippen LogP contribution is 2.31. The van der Waals surface area contributed by atoms with E-state index in [0.29, 0.717) is 35.2 Å². The molecule has 26 heavy (non-hydrogen) atoms. The monoisotopic (exact) mass is 414 g/mol. The number of nitrogens with one attached hydrogen (secondary N) is 1. The number of methoxy groups -OCH3 is 1. The van der Waals surface area contributed by atoms with Crippen LogP contribution in [0.25, 0.3) is 0 Å². The van der Waals surface area contributed by atoms with Crippen molar-refractivity contribution >= 4 is 44.6 Å². The highest BCUT2D eigenvalue weighted by Gasteiger charge is 2.34. The zero-order valence-corrected chi connectivity index (χ0v) is 16.5. The third-order valence-electron chi connectivity index (χ3n) is 4.26. The Morgan fingerprint density at radius 2 is 2.00 bits per heavy atom. The summed E-state index contributed by atoms with van der Waals surface area (Å²) in [6.07, 6.45) is 1.29. The first-order chi connectivity index (χ1) is 12.4. The van der Waals surface area contributed by atoms with Crippen molar-refractivity contribution in [2.24, 2.45) is 5.92 Å². The lowest BCUT2D eigenvalue weighted by Crippen LogP contribution is -2.43. The van der Waals surface area contributed by atoms with E-state index in [4.69, 9.17) is 16.3 Å². The third-order valence-corrected chi connectivity index (χ3v) is 7.82. The van der Waals surface area contributed by atoms with Gasteiger partial charge in [0.25, 0.3) is 10.0 Å². The second kappa shape index (κ2) is 7.96. The molecule has 0 saturated carbocycles. The smallest absolute Gasteiger partial charge is 0.252 e. The number of hydrogen-bond donors (Lipinski definition) is 1. The lowest BCUT2D eigenvalue weighted by molar-refractivity contribution is -0.120. The Kier molecular flexibility index (Phi) is 5.86. The minimum absolute atomic E-state index is 0.167. The van der Waals surface area contributed by atoms with Gasteiger partial charge in [-0.2, -0.15) is 4.31 Å². The van der Waals surface area contributed by atoms with Crippen molar-refractivity contribution in [2.45, 2.75) is 17.1 Å². The molecule has 140 valence electrons. The molecule has 1 unspecified atom stereocenters. The van der Waals surface area contributed by atoms with Crippen LogP contribution in [0.3, 0.4) is 0 Å². The molecular formula is C17H19ClN2O4S2. The lowest BCUT2D eigenvalue weighted by Gasteiger charge is -2.30. The van der Waals surface area contributed by atoms with Crippen molar-refractivity contribution in [3.63, 3.8) is 0 Å². The molecule has 6 nitrogen and oxygen atoms in total. The summed E-state index contributed by atoms with van der Waals surface area (Å²) in [6.45, 7) is 0.573. The molecule has 1 N–H and O–H groups in total. The van der Waals surface area contributed by atoms with E-state index in [9.17, 15) is 13.2 Å². The number of sulfonamides is 1. The van der Waals surface area contributed by atoms with Crippen LogP contribution >= 0.6 is 22.9 Å². The normalized spacial score (nSPS) is 18.5. The molecule has 1 aliphatic heterocycles. The van der Waals surface area contributed by atoms with E-state index < -0.39 is 15.9 Å². The average molecular weight is 415 g/mol. The van der Waals surface area contributed by atoms with Crippen molar-refractivity contribution in [3.05, 3.63) is 40.7 Å². The van der Waals surface area contributed by atoms with Crippen LogP contribution in [0.4, 0.5) is 5.69 Å². The standard InChI is InChI=1S/C17H19ClN2O4S2/c1-24-14-6-4-13(5-7-14)19-17(21)12-3-2-10-20(11-12)26(22,23)16-9-8-15(18)25-16/h4-9,12H,2-3,10-11H2,1H3,(H,19,21). The van der Waals surface area contributed by atoms with Crippen LogP contribution in [0.5, 0.6) is 5.75 Å². The van der Waals surface area contributed by atoms with Gasteiger partial charge >= 0.3 is 0 Å². The summed E-state index contributed by atoms with van der Waals surface area (Å²) in [4.78, 5) is 12.6. The number of piperidine rings is 1. The number of ether oxygens (including phenoxy) is 1. The number of thiophene rings is 1. The molecule has 1 amide bonds. The van der Waals surface area contributed by atoms with Gasteiger partial charge in [-0.3, -0.25) is 4.79 Å². The van der Waals surface area contributed by atoms with Crippen molar-refractivity contribution in [1.82, 2.24) is 4.31 Å². The molecule has 1 aromatic carbocycles. The molecule has 1 aromatic heterocycles. The van der Waals surface area contributed by atoms with Gasteiger partial charge < -0.3 is 10.1 Å². The lowest BCUT2D eigenvalue weighted by atomic mass is 9.99. The second-order valence-corrected chi connectivity index (χ2v) is 9.86. The Hall–Kier alpha value is -1.61. The maximum absolute atomic E-state index is 12.7. The summed E-state index contributed by atoms with van der Waals surface area (Å²) in [7, 11) is -2.04. The van der Waals surface area contributed by atoms with Crippen LogP contribution in [0.2, 0.25) is 4.34 Å². The Balaban J connectivity index is 1.68. The van der Waals surface area contributed by atoms with E-state index in [1.807, 2.05) is 0 Å². The largest absolute Gasteiger partial charge is 0.497 e. The Labute approximate surface area is 161 Å². The van der Waals surface area contributed by atoms with Gasteiger partial charge in [-0.1, -0.05) is 11.6 Å². The zero-order valence-electron chi connectivity index (χ0n) is 14.1. The molecule has 9 heteroatoms. The average Bonchev–Trinajstić information content (AvgIpc) is 3.10. The molecule has 1 fully saturated rings. The van der Waals surface area contributed by atoms with Gasteiger partial charge in [-0.15, -0.1) is 11.3 Å². The highest BCUT2D eigenvalue weighted by atomic mass is 35.5. The fourth-order valence-corrected chi connectivity index (χ4v) is 6.02. The van der Waals surface area contributed by atoms with Gasteiger partial charge in [-0.25, -0.2) is 8.42 Å². The first kappa shape index (κ1) is 19.2. The molecule has 0 spiro atoms. The van der Waals surface area contributed by atoms with Crippen molar-refractivity contribution in [2.75, 3.05) is 25.5 Å². The summed E-state index contributed by atoms with van der Waals surface area (Å²) in [5.74, 6) is 0.128. The predicted molar refractivity (Wildman–Crippen MR) is 102 cm³/mol. The summed E-state index contributed by atoms with van der Waals surface area (Å²) in [6, 6.07) is 10.1. The fourth-order valence-electron chi connectivity index (χ4n) is 2.86. The molecular weight excluding hydrogens is 396 g/mol. The van der Waals surface area contributed by atoms with Gasteiger partial charge in [0.1, 0.15) is 9.96 Å². The number of amides is 1. The molecule has 0 radical (unpaired) electrons. The molecule has 1 saturated heterocycles. The molecule has 2 heterocycles. The quantitative estimate of drug-likeness (QED) is 0.813. The number of halogens is 1. The molecule has 0 aliphatic carbocycles. The first-order valence-electron chi connectivity index (χ1n) is 8.10. The maximum Gasteiger partial charge on any atom is 0.252 e. The van der Waals surface area contributed by atoms with Gasteiger partial charge in [0.2, 0.25) is 5.91 Å². The predicted octanol–water partition coefficient (Wildman–Crippen LogP) is 3.45. The highest BCUT2D eigenvalue weighted by molar-refractivity contribution is 7.91. The van der Waals surface area contributed by atoms with Crippen molar-refractivity contribution in [3.8, 4) is 5.75 Å². The number of carbonyl (C=O) groups is 1. The van der Waals surface area contributed by atoms with E-state index in [2.05, 4.69) is 5.32 Å². The van der Waals surface area contributed by atoms with Crippen molar-refractivity contribution in [1.29, 1.82) is 0 Å². The molecule has 2 aromatic rings. The molecule has 0 bridgehead atoms. The summed E-state index contributed by atoms with van der Waals surface area (Å²) in [5, 5.41) is 2.84. The van der Waals surface area contributed by atoms with E-state index in [0.717, 1.165) is 11.3 Å². The van der Waals surface area contributed by atoms with E-state index >= 15 is 0 Å². The number of benzene rings is 1. The zero-order chi connectivity index (χ0) is 18.7. The molecule has 1 atom stereocenters. The Morgan fingerprint density at radius 3 is 2.62 bits per heavy atom. The Bertz CT molecular complexity index is 880.